The van der Waals surface area contributed by atoms with Gasteiger partial charge in [0.15, 0.2) is 0 Å². The van der Waals surface area contributed by atoms with Crippen molar-refractivity contribution < 1.29 is 18.7 Å². The van der Waals surface area contributed by atoms with Crippen LogP contribution >= 0.6 is 0 Å². The first-order valence-corrected chi connectivity index (χ1v) is 7.68. The minimum absolute atomic E-state index is 0.0928. The normalized spacial score (nSPS) is 10.0. The van der Waals surface area contributed by atoms with Gasteiger partial charge in [-0.15, -0.1) is 0 Å². The van der Waals surface area contributed by atoms with E-state index in [2.05, 4.69) is 16.0 Å². The topological polar surface area (TPSA) is 79.5 Å². The zero-order valence-corrected chi connectivity index (χ0v) is 14.1. The third-order valence-electron chi connectivity index (χ3n) is 3.35. The van der Waals surface area contributed by atoms with Crippen LogP contribution in [0.3, 0.4) is 0 Å². The van der Waals surface area contributed by atoms with Crippen LogP contribution < -0.4 is 20.7 Å². The third-order valence-corrected chi connectivity index (χ3v) is 3.35. The summed E-state index contributed by atoms with van der Waals surface area (Å²) in [7, 11) is 1.57. The molecule has 0 aliphatic heterocycles. The molecule has 0 saturated carbocycles. The second kappa shape index (κ2) is 8.68. The molecule has 0 atom stereocenters. The maximum Gasteiger partial charge on any atom is 0.239 e. The zero-order chi connectivity index (χ0) is 18.2. The molecule has 3 N–H and O–H groups in total. The number of halogens is 1. The van der Waals surface area contributed by atoms with E-state index in [0.717, 1.165) is 5.56 Å². The predicted molar refractivity (Wildman–Crippen MR) is 94.0 cm³/mol. The van der Waals surface area contributed by atoms with E-state index in [4.69, 9.17) is 4.74 Å². The van der Waals surface area contributed by atoms with Crippen molar-refractivity contribution in [1.29, 1.82) is 0 Å². The fourth-order valence-electron chi connectivity index (χ4n) is 2.16. The molecule has 2 aromatic carbocycles. The maximum absolute atomic E-state index is 13.8. The smallest absolute Gasteiger partial charge is 0.239 e. The molecule has 2 aromatic rings. The van der Waals surface area contributed by atoms with Crippen LogP contribution in [0.2, 0.25) is 0 Å². The number of amides is 2. The van der Waals surface area contributed by atoms with Gasteiger partial charge in [-0.1, -0.05) is 12.1 Å². The molecule has 0 aliphatic carbocycles. The number of nitrogens with one attached hydrogen (secondary N) is 3. The lowest BCUT2D eigenvalue weighted by molar-refractivity contribution is -0.119. The van der Waals surface area contributed by atoms with Crippen LogP contribution in [0.15, 0.2) is 42.5 Å². The largest absolute Gasteiger partial charge is 0.497 e. The van der Waals surface area contributed by atoms with Crippen LogP contribution in [0.5, 0.6) is 5.75 Å². The van der Waals surface area contributed by atoms with Gasteiger partial charge < -0.3 is 20.7 Å². The molecule has 7 heteroatoms. The summed E-state index contributed by atoms with van der Waals surface area (Å²) in [5.41, 5.74) is 1.49. The molecule has 25 heavy (non-hydrogen) atoms. The predicted octanol–water partition coefficient (Wildman–Crippen LogP) is 2.52. The van der Waals surface area contributed by atoms with E-state index in [9.17, 15) is 14.0 Å². The standard InChI is InChI=1S/C18H20FN3O3/c1-12(23)22-14-6-7-16(19)17(9-14)20-11-18(24)21-10-13-4-3-5-15(8-13)25-2/h3-9,20H,10-11H2,1-2H3,(H,21,24)(H,22,23). The molecule has 0 aliphatic rings. The SMILES string of the molecule is COc1cccc(CNC(=O)CNc2cc(NC(C)=O)ccc2F)c1. The average Bonchev–Trinajstić information content (AvgIpc) is 2.60. The summed E-state index contributed by atoms with van der Waals surface area (Å²) in [4.78, 5) is 23.0. The molecule has 0 spiro atoms. The van der Waals surface area contributed by atoms with Crippen LogP contribution in [0.25, 0.3) is 0 Å². The summed E-state index contributed by atoms with van der Waals surface area (Å²) >= 11 is 0. The van der Waals surface area contributed by atoms with Crippen LogP contribution in [0, 0.1) is 5.82 Å². The molecular formula is C18H20FN3O3. The lowest BCUT2D eigenvalue weighted by Crippen LogP contribution is -2.29. The van der Waals surface area contributed by atoms with Crippen molar-refractivity contribution in [3.63, 3.8) is 0 Å². The van der Waals surface area contributed by atoms with Crippen molar-refractivity contribution in [2.75, 3.05) is 24.3 Å². The summed E-state index contributed by atoms with van der Waals surface area (Å²) in [6.45, 7) is 1.61. The molecule has 0 aromatic heterocycles. The molecule has 132 valence electrons. The first kappa shape index (κ1) is 18.3. The van der Waals surface area contributed by atoms with Crippen molar-refractivity contribution in [3.05, 3.63) is 53.8 Å². The number of ether oxygens (including phenoxy) is 1. The molecule has 0 unspecified atom stereocenters. The Bertz CT molecular complexity index is 765. The van der Waals surface area contributed by atoms with Gasteiger partial charge in [0.25, 0.3) is 0 Å². The van der Waals surface area contributed by atoms with Gasteiger partial charge in [-0.2, -0.15) is 0 Å². The number of rotatable bonds is 7. The average molecular weight is 345 g/mol. The van der Waals surface area contributed by atoms with E-state index in [-0.39, 0.29) is 24.0 Å². The highest BCUT2D eigenvalue weighted by Crippen LogP contribution is 2.19. The Kier molecular flexibility index (Phi) is 6.33. The van der Waals surface area contributed by atoms with Gasteiger partial charge in [-0.25, -0.2) is 4.39 Å². The highest BCUT2D eigenvalue weighted by atomic mass is 19.1. The Morgan fingerprint density at radius 2 is 1.96 bits per heavy atom. The number of methoxy groups -OCH3 is 1. The summed E-state index contributed by atoms with van der Waals surface area (Å²) in [5.74, 6) is -0.336. The van der Waals surface area contributed by atoms with Crippen LogP contribution in [-0.4, -0.2) is 25.5 Å². The van der Waals surface area contributed by atoms with Crippen molar-refractivity contribution in [1.82, 2.24) is 5.32 Å². The number of anilines is 2. The molecule has 0 bridgehead atoms. The molecule has 0 saturated heterocycles. The van der Waals surface area contributed by atoms with Gasteiger partial charge in [0.2, 0.25) is 11.8 Å². The van der Waals surface area contributed by atoms with Gasteiger partial charge >= 0.3 is 0 Å². The second-order valence-corrected chi connectivity index (χ2v) is 5.36. The first-order valence-electron chi connectivity index (χ1n) is 7.68. The van der Waals surface area contributed by atoms with E-state index >= 15 is 0 Å². The number of hydrogen-bond donors (Lipinski definition) is 3. The maximum atomic E-state index is 13.8. The lowest BCUT2D eigenvalue weighted by Gasteiger charge is -2.11. The number of carbonyl (C=O) groups excluding carboxylic acids is 2. The molecule has 2 rings (SSSR count). The number of carbonyl (C=O) groups is 2. The Balaban J connectivity index is 1.88. The summed E-state index contributed by atoms with van der Waals surface area (Å²) in [6, 6.07) is 11.5. The van der Waals surface area contributed by atoms with E-state index in [1.807, 2.05) is 24.3 Å². The quantitative estimate of drug-likeness (QED) is 0.720. The van der Waals surface area contributed by atoms with E-state index in [1.165, 1.54) is 25.1 Å². The molecule has 0 fully saturated rings. The number of benzene rings is 2. The second-order valence-electron chi connectivity index (χ2n) is 5.36. The Morgan fingerprint density at radius 1 is 1.16 bits per heavy atom. The van der Waals surface area contributed by atoms with E-state index in [1.54, 1.807) is 7.11 Å². The molecule has 0 heterocycles. The summed E-state index contributed by atoms with van der Waals surface area (Å²) < 4.78 is 18.9. The van der Waals surface area contributed by atoms with Gasteiger partial charge in [-0.3, -0.25) is 9.59 Å². The first-order chi connectivity index (χ1) is 12.0. The van der Waals surface area contributed by atoms with Gasteiger partial charge in [0.1, 0.15) is 11.6 Å². The third kappa shape index (κ3) is 5.80. The van der Waals surface area contributed by atoms with Crippen molar-refractivity contribution in [3.8, 4) is 5.75 Å². The van der Waals surface area contributed by atoms with Crippen LogP contribution in [0.1, 0.15) is 12.5 Å². The summed E-state index contributed by atoms with van der Waals surface area (Å²) in [6.07, 6.45) is 0. The fourth-order valence-corrected chi connectivity index (χ4v) is 2.16. The fraction of sp³-hybridized carbons (Fsp3) is 0.222. The minimum atomic E-state index is -0.505. The summed E-state index contributed by atoms with van der Waals surface area (Å²) in [5, 5.41) is 8.02. The van der Waals surface area contributed by atoms with Gasteiger partial charge in [0, 0.05) is 19.2 Å². The molecular weight excluding hydrogens is 325 g/mol. The van der Waals surface area contributed by atoms with Crippen molar-refractivity contribution >= 4 is 23.2 Å². The van der Waals surface area contributed by atoms with Gasteiger partial charge in [0.05, 0.1) is 19.3 Å². The van der Waals surface area contributed by atoms with Crippen LogP contribution in [0.4, 0.5) is 15.8 Å². The zero-order valence-electron chi connectivity index (χ0n) is 14.1. The van der Waals surface area contributed by atoms with E-state index < -0.39 is 5.82 Å². The molecule has 0 radical (unpaired) electrons. The van der Waals surface area contributed by atoms with E-state index in [0.29, 0.717) is 18.0 Å². The number of hydrogen-bond acceptors (Lipinski definition) is 4. The van der Waals surface area contributed by atoms with Crippen molar-refractivity contribution in [2.24, 2.45) is 0 Å². The highest BCUT2D eigenvalue weighted by molar-refractivity contribution is 5.89. The minimum Gasteiger partial charge on any atom is -0.497 e. The van der Waals surface area contributed by atoms with Gasteiger partial charge in [-0.05, 0) is 35.9 Å². The molecule has 6 nitrogen and oxygen atoms in total. The van der Waals surface area contributed by atoms with Crippen LogP contribution in [-0.2, 0) is 16.1 Å². The highest BCUT2D eigenvalue weighted by Gasteiger charge is 2.07. The Morgan fingerprint density at radius 3 is 2.68 bits per heavy atom. The van der Waals surface area contributed by atoms with Crippen molar-refractivity contribution in [2.45, 2.75) is 13.5 Å². The monoisotopic (exact) mass is 345 g/mol. The Labute approximate surface area is 145 Å². The lowest BCUT2D eigenvalue weighted by atomic mass is 10.2. The Hall–Kier alpha value is -3.09. The molecule has 2 amide bonds.